The van der Waals surface area contributed by atoms with Gasteiger partial charge in [-0.15, -0.1) is 11.3 Å². The minimum Gasteiger partial charge on any atom is -0.379 e. The number of nitro groups is 1. The average Bonchev–Trinajstić information content (AvgIpc) is 3.27. The molecule has 2 heterocycles. The van der Waals surface area contributed by atoms with Crippen molar-refractivity contribution in [3.05, 3.63) is 49.1 Å². The number of nitrogens with one attached hydrogen (secondary N) is 1. The first-order chi connectivity index (χ1) is 12.4. The summed E-state index contributed by atoms with van der Waals surface area (Å²) in [5, 5.41) is 14.5. The van der Waals surface area contributed by atoms with Crippen LogP contribution in [0.1, 0.15) is 17.7 Å². The van der Waals surface area contributed by atoms with E-state index < -0.39 is 14.9 Å². The van der Waals surface area contributed by atoms with E-state index in [0.29, 0.717) is 25.3 Å². The van der Waals surface area contributed by atoms with Crippen LogP contribution >= 0.6 is 27.3 Å². The van der Waals surface area contributed by atoms with Gasteiger partial charge < -0.3 is 5.32 Å². The van der Waals surface area contributed by atoms with Crippen LogP contribution in [0.2, 0.25) is 0 Å². The van der Waals surface area contributed by atoms with Crippen molar-refractivity contribution in [3.8, 4) is 0 Å². The first-order valence-corrected chi connectivity index (χ1v) is 11.2. The molecular weight excluding hydrogens is 442 g/mol. The molecule has 1 aliphatic heterocycles. The van der Waals surface area contributed by atoms with Crippen molar-refractivity contribution in [3.63, 3.8) is 0 Å². The van der Waals surface area contributed by atoms with E-state index in [1.165, 1.54) is 16.4 Å². The highest BCUT2D eigenvalue weighted by atomic mass is 79.9. The zero-order valence-electron chi connectivity index (χ0n) is 13.9. The second kappa shape index (κ2) is 8.03. The molecule has 1 saturated heterocycles. The first kappa shape index (κ1) is 19.3. The van der Waals surface area contributed by atoms with Gasteiger partial charge in [0.1, 0.15) is 5.69 Å². The van der Waals surface area contributed by atoms with Crippen LogP contribution in [-0.2, 0) is 16.4 Å². The van der Waals surface area contributed by atoms with Crippen LogP contribution in [0.15, 0.2) is 39.0 Å². The van der Waals surface area contributed by atoms with Crippen molar-refractivity contribution >= 4 is 48.7 Å². The molecule has 10 heteroatoms. The third-order valence-electron chi connectivity index (χ3n) is 4.18. The second-order valence-corrected chi connectivity index (χ2v) is 10.4. The molecule has 1 N–H and O–H groups in total. The maximum atomic E-state index is 12.6. The Morgan fingerprint density at radius 2 is 1.96 bits per heavy atom. The molecule has 1 aromatic carbocycles. The molecule has 0 radical (unpaired) electrons. The van der Waals surface area contributed by atoms with E-state index in [4.69, 9.17) is 0 Å². The minimum atomic E-state index is -3.67. The van der Waals surface area contributed by atoms with Crippen molar-refractivity contribution in [1.82, 2.24) is 4.31 Å². The molecule has 0 bridgehead atoms. The Morgan fingerprint density at radius 1 is 1.23 bits per heavy atom. The summed E-state index contributed by atoms with van der Waals surface area (Å²) in [5.74, 6) is 0. The number of sulfonamides is 1. The van der Waals surface area contributed by atoms with Crippen molar-refractivity contribution in [1.29, 1.82) is 0 Å². The molecular formula is C16H18BrN3O4S2. The van der Waals surface area contributed by atoms with E-state index in [-0.39, 0.29) is 10.6 Å². The third-order valence-corrected chi connectivity index (χ3v) is 7.76. The fraction of sp³-hybridized carbons (Fsp3) is 0.375. The topological polar surface area (TPSA) is 92.5 Å². The highest BCUT2D eigenvalue weighted by Crippen LogP contribution is 2.30. The Morgan fingerprint density at radius 3 is 2.58 bits per heavy atom. The van der Waals surface area contributed by atoms with Gasteiger partial charge in [0.25, 0.3) is 5.69 Å². The average molecular weight is 460 g/mol. The van der Waals surface area contributed by atoms with Crippen LogP contribution in [0.3, 0.4) is 0 Å². The summed E-state index contributed by atoms with van der Waals surface area (Å²) >= 11 is 5.01. The van der Waals surface area contributed by atoms with E-state index in [0.717, 1.165) is 34.0 Å². The van der Waals surface area contributed by atoms with Crippen molar-refractivity contribution < 1.29 is 13.3 Å². The molecule has 1 aliphatic rings. The number of thiophene rings is 1. The standard InChI is InChI=1S/C16H18BrN3O4S2/c17-16-6-3-12(25-16)7-8-18-14-5-4-13(11-15(14)20(21)22)26(23,24)19-9-1-2-10-19/h3-6,11,18H,1-2,7-10H2. The van der Waals surface area contributed by atoms with Gasteiger partial charge in [0.2, 0.25) is 10.0 Å². The van der Waals surface area contributed by atoms with Gasteiger partial charge >= 0.3 is 0 Å². The van der Waals surface area contributed by atoms with Gasteiger partial charge in [0.15, 0.2) is 0 Å². The molecule has 3 rings (SSSR count). The van der Waals surface area contributed by atoms with E-state index in [1.807, 2.05) is 12.1 Å². The van der Waals surface area contributed by atoms with E-state index in [1.54, 1.807) is 11.3 Å². The predicted octanol–water partition coefficient (Wildman–Crippen LogP) is 3.86. The van der Waals surface area contributed by atoms with Crippen LogP contribution in [-0.4, -0.2) is 37.3 Å². The molecule has 0 saturated carbocycles. The molecule has 0 atom stereocenters. The zero-order valence-corrected chi connectivity index (χ0v) is 17.1. The SMILES string of the molecule is O=[N+]([O-])c1cc(S(=O)(=O)N2CCCC2)ccc1NCCc1ccc(Br)s1. The predicted molar refractivity (Wildman–Crippen MR) is 105 cm³/mol. The number of hydrogen-bond donors (Lipinski definition) is 1. The summed E-state index contributed by atoms with van der Waals surface area (Å²) < 4.78 is 27.6. The number of benzene rings is 1. The van der Waals surface area contributed by atoms with E-state index >= 15 is 0 Å². The smallest absolute Gasteiger partial charge is 0.293 e. The van der Waals surface area contributed by atoms with Gasteiger partial charge in [-0.1, -0.05) is 0 Å². The molecule has 0 unspecified atom stereocenters. The van der Waals surface area contributed by atoms with Gasteiger partial charge in [-0.2, -0.15) is 4.31 Å². The maximum absolute atomic E-state index is 12.6. The highest BCUT2D eigenvalue weighted by Gasteiger charge is 2.29. The molecule has 26 heavy (non-hydrogen) atoms. The summed E-state index contributed by atoms with van der Waals surface area (Å²) in [6.07, 6.45) is 2.36. The highest BCUT2D eigenvalue weighted by molar-refractivity contribution is 9.11. The lowest BCUT2D eigenvalue weighted by molar-refractivity contribution is -0.384. The van der Waals surface area contributed by atoms with Crippen LogP contribution in [0.5, 0.6) is 0 Å². The second-order valence-electron chi connectivity index (χ2n) is 5.93. The fourth-order valence-corrected chi connectivity index (χ4v) is 5.88. The van der Waals surface area contributed by atoms with Crippen molar-refractivity contribution in [2.24, 2.45) is 0 Å². The maximum Gasteiger partial charge on any atom is 0.293 e. The molecule has 7 nitrogen and oxygen atoms in total. The van der Waals surface area contributed by atoms with Gasteiger partial charge in [-0.3, -0.25) is 10.1 Å². The molecule has 0 aliphatic carbocycles. The van der Waals surface area contributed by atoms with E-state index in [9.17, 15) is 18.5 Å². The van der Waals surface area contributed by atoms with Gasteiger partial charge in [-0.05, 0) is 59.5 Å². The molecule has 0 spiro atoms. The molecule has 1 fully saturated rings. The molecule has 140 valence electrons. The van der Waals surface area contributed by atoms with Crippen molar-refractivity contribution in [2.75, 3.05) is 25.0 Å². The van der Waals surface area contributed by atoms with Crippen LogP contribution in [0.25, 0.3) is 0 Å². The van der Waals surface area contributed by atoms with Crippen LogP contribution in [0, 0.1) is 10.1 Å². The zero-order chi connectivity index (χ0) is 18.7. The lowest BCUT2D eigenvalue weighted by Crippen LogP contribution is -2.27. The summed E-state index contributed by atoms with van der Waals surface area (Å²) in [6.45, 7) is 1.45. The van der Waals surface area contributed by atoms with E-state index in [2.05, 4.69) is 21.2 Å². The summed E-state index contributed by atoms with van der Waals surface area (Å²) in [4.78, 5) is 12.0. The van der Waals surface area contributed by atoms with Crippen LogP contribution < -0.4 is 5.32 Å². The number of anilines is 1. The number of halogens is 1. The minimum absolute atomic E-state index is 0.0289. The Balaban J connectivity index is 1.77. The largest absolute Gasteiger partial charge is 0.379 e. The Labute approximate surface area is 164 Å². The van der Waals surface area contributed by atoms with Crippen molar-refractivity contribution in [2.45, 2.75) is 24.2 Å². The Hall–Kier alpha value is -1.49. The summed E-state index contributed by atoms with van der Waals surface area (Å²) in [5.41, 5.74) is 0.101. The number of hydrogen-bond acceptors (Lipinski definition) is 6. The number of nitrogens with zero attached hydrogens (tertiary/aromatic N) is 2. The van der Waals surface area contributed by atoms with Crippen LogP contribution in [0.4, 0.5) is 11.4 Å². The molecule has 0 amide bonds. The number of nitro benzene ring substituents is 1. The summed E-state index contributed by atoms with van der Waals surface area (Å²) in [6, 6.07) is 8.02. The molecule has 2 aromatic rings. The van der Waals surface area contributed by atoms with Gasteiger partial charge in [-0.25, -0.2) is 8.42 Å². The Kier molecular flexibility index (Phi) is 5.96. The first-order valence-electron chi connectivity index (χ1n) is 8.14. The molecule has 1 aromatic heterocycles. The lowest BCUT2D eigenvalue weighted by atomic mass is 10.2. The third kappa shape index (κ3) is 4.25. The van der Waals surface area contributed by atoms with Gasteiger partial charge in [0, 0.05) is 30.6 Å². The summed E-state index contributed by atoms with van der Waals surface area (Å²) in [7, 11) is -3.67. The fourth-order valence-electron chi connectivity index (χ4n) is 2.86. The lowest BCUT2D eigenvalue weighted by Gasteiger charge is -2.16. The quantitative estimate of drug-likeness (QED) is 0.501. The Bertz CT molecular complexity index is 908. The normalized spacial score (nSPS) is 15.3. The monoisotopic (exact) mass is 459 g/mol. The number of rotatable bonds is 7. The van der Waals surface area contributed by atoms with Gasteiger partial charge in [0.05, 0.1) is 13.6 Å².